The van der Waals surface area contributed by atoms with E-state index in [1.54, 1.807) is 19.9 Å². The number of Topliss-reactive ketones (excluding diaryl/α,β-unsaturated/α-hetero) is 2. The summed E-state index contributed by atoms with van der Waals surface area (Å²) < 4.78 is 16.6. The third-order valence-electron chi connectivity index (χ3n) is 7.09. The van der Waals surface area contributed by atoms with E-state index >= 15 is 0 Å². The van der Waals surface area contributed by atoms with Gasteiger partial charge in [-0.3, -0.25) is 14.4 Å². The quantitative estimate of drug-likeness (QED) is 0.632. The lowest BCUT2D eigenvalue weighted by Crippen LogP contribution is -2.50. The molecule has 6 unspecified atom stereocenters. The van der Waals surface area contributed by atoms with Crippen molar-refractivity contribution in [3.63, 3.8) is 0 Å². The smallest absolute Gasteiger partial charge is 0.308 e. The van der Waals surface area contributed by atoms with Crippen LogP contribution in [0.3, 0.4) is 0 Å². The molecule has 4 rings (SSSR count). The van der Waals surface area contributed by atoms with Crippen LogP contribution in [0.2, 0.25) is 0 Å². The molecule has 1 aliphatic carbocycles. The third-order valence-corrected chi connectivity index (χ3v) is 7.09. The first kappa shape index (κ1) is 24.5. The Labute approximate surface area is 198 Å². The summed E-state index contributed by atoms with van der Waals surface area (Å²) in [7, 11) is 5.01. The Kier molecular flexibility index (Phi) is 6.65. The highest BCUT2D eigenvalue weighted by Crippen LogP contribution is 2.44. The highest BCUT2D eigenvalue weighted by atomic mass is 16.5. The number of phenolic OH excluding ortho intramolecular Hbond substituents is 1. The third kappa shape index (κ3) is 4.07. The summed E-state index contributed by atoms with van der Waals surface area (Å²) in [6.45, 7) is 3.43. The fourth-order valence-electron chi connectivity index (χ4n) is 5.33. The summed E-state index contributed by atoms with van der Waals surface area (Å²) in [6.07, 6.45) is -2.60. The minimum atomic E-state index is -0.717. The number of carbonyl (C=O) groups is 3. The van der Waals surface area contributed by atoms with Gasteiger partial charge in [-0.1, -0.05) is 6.07 Å². The van der Waals surface area contributed by atoms with E-state index in [4.69, 9.17) is 14.2 Å². The Hall–Kier alpha value is -2.59. The van der Waals surface area contributed by atoms with Crippen LogP contribution in [-0.4, -0.2) is 84.3 Å². The van der Waals surface area contributed by atoms with E-state index in [0.717, 1.165) is 0 Å². The summed E-state index contributed by atoms with van der Waals surface area (Å²) in [5.74, 6) is -1.57. The first-order chi connectivity index (χ1) is 16.0. The zero-order chi connectivity index (χ0) is 24.9. The molecular weight excluding hydrogens is 442 g/mol. The molecular formula is C25H31NO8. The summed E-state index contributed by atoms with van der Waals surface area (Å²) in [6, 6.07) is 2.81. The molecule has 2 aliphatic heterocycles. The van der Waals surface area contributed by atoms with Crippen molar-refractivity contribution >= 4 is 17.5 Å². The number of esters is 1. The molecule has 0 aromatic heterocycles. The first-order valence-electron chi connectivity index (χ1n) is 11.5. The zero-order valence-electron chi connectivity index (χ0n) is 20.0. The van der Waals surface area contributed by atoms with Crippen molar-refractivity contribution in [3.05, 3.63) is 40.0 Å². The Bertz CT molecular complexity index is 1060. The summed E-state index contributed by atoms with van der Waals surface area (Å²) in [5.41, 5.74) is 1.09. The fraction of sp³-hybridized carbons (Fsp3) is 0.560. The number of hydrogen-bond donors (Lipinski definition) is 2. The standard InChI is InChI=1S/C25H31NO8/c1-11-20-15(8-13(33-11)9-19(28)32-5)24(30)21-14(6-7-17(27)22(21)25(20)31)18-10-16(26(3)4)23(29)12(2)34-18/h6-7,11-13,16,18,23,27,29H,8-10H2,1-5H3. The van der Waals surface area contributed by atoms with Crippen molar-refractivity contribution in [2.24, 2.45) is 0 Å². The maximum absolute atomic E-state index is 13.8. The van der Waals surface area contributed by atoms with Crippen LogP contribution in [0.5, 0.6) is 5.75 Å². The van der Waals surface area contributed by atoms with E-state index < -0.39 is 42.3 Å². The monoisotopic (exact) mass is 473 g/mol. The number of fused-ring (bicyclic) bond motifs is 1. The summed E-state index contributed by atoms with van der Waals surface area (Å²) in [5, 5.41) is 21.2. The van der Waals surface area contributed by atoms with E-state index in [-0.39, 0.29) is 47.1 Å². The van der Waals surface area contributed by atoms with Gasteiger partial charge in [-0.25, -0.2) is 0 Å². The molecule has 0 amide bonds. The van der Waals surface area contributed by atoms with Gasteiger partial charge in [-0.15, -0.1) is 0 Å². The molecule has 3 aliphatic rings. The Morgan fingerprint density at radius 3 is 2.50 bits per heavy atom. The van der Waals surface area contributed by atoms with Gasteiger partial charge >= 0.3 is 5.97 Å². The van der Waals surface area contributed by atoms with Gasteiger partial charge in [0.15, 0.2) is 11.6 Å². The minimum Gasteiger partial charge on any atom is -0.507 e. The second kappa shape index (κ2) is 9.22. The Morgan fingerprint density at radius 2 is 1.85 bits per heavy atom. The molecule has 6 atom stereocenters. The number of methoxy groups -OCH3 is 1. The number of likely N-dealkylation sites (N-methyl/N-ethyl adjacent to an activating group) is 1. The second-order valence-corrected chi connectivity index (χ2v) is 9.45. The van der Waals surface area contributed by atoms with Gasteiger partial charge in [0.05, 0.1) is 49.6 Å². The number of aliphatic hydroxyl groups excluding tert-OH is 1. The number of benzene rings is 1. The Balaban J connectivity index is 1.77. The number of ketones is 2. The molecule has 34 heavy (non-hydrogen) atoms. The lowest BCUT2D eigenvalue weighted by molar-refractivity contribution is -0.144. The van der Waals surface area contributed by atoms with E-state index in [0.29, 0.717) is 17.6 Å². The van der Waals surface area contributed by atoms with Crippen LogP contribution in [0, 0.1) is 0 Å². The molecule has 0 bridgehead atoms. The number of phenols is 1. The van der Waals surface area contributed by atoms with E-state index in [1.807, 2.05) is 19.0 Å². The fourth-order valence-corrected chi connectivity index (χ4v) is 5.33. The number of carbonyl (C=O) groups excluding carboxylic acids is 3. The summed E-state index contributed by atoms with van der Waals surface area (Å²) in [4.78, 5) is 41.0. The van der Waals surface area contributed by atoms with Crippen molar-refractivity contribution < 1.29 is 38.8 Å². The molecule has 9 nitrogen and oxygen atoms in total. The van der Waals surface area contributed by atoms with Crippen molar-refractivity contribution in [3.8, 4) is 5.75 Å². The summed E-state index contributed by atoms with van der Waals surface area (Å²) >= 11 is 0. The molecule has 0 spiro atoms. The van der Waals surface area contributed by atoms with Gasteiger partial charge < -0.3 is 29.3 Å². The van der Waals surface area contributed by atoms with E-state index in [2.05, 4.69) is 0 Å². The predicted octanol–water partition coefficient (Wildman–Crippen LogP) is 1.95. The van der Waals surface area contributed by atoms with Crippen molar-refractivity contribution in [1.82, 2.24) is 4.90 Å². The molecule has 1 saturated heterocycles. The van der Waals surface area contributed by atoms with Gasteiger partial charge in [0.25, 0.3) is 0 Å². The second-order valence-electron chi connectivity index (χ2n) is 9.45. The van der Waals surface area contributed by atoms with Gasteiger partial charge in [0, 0.05) is 29.2 Å². The maximum atomic E-state index is 13.8. The van der Waals surface area contributed by atoms with Gasteiger partial charge in [0.2, 0.25) is 0 Å². The van der Waals surface area contributed by atoms with Crippen LogP contribution in [0.25, 0.3) is 0 Å². The molecule has 9 heteroatoms. The molecule has 1 fully saturated rings. The lowest BCUT2D eigenvalue weighted by Gasteiger charge is -2.42. The largest absolute Gasteiger partial charge is 0.507 e. The topological polar surface area (TPSA) is 123 Å². The average molecular weight is 474 g/mol. The molecule has 1 aromatic carbocycles. The van der Waals surface area contributed by atoms with Crippen molar-refractivity contribution in [2.45, 2.75) is 69.7 Å². The van der Waals surface area contributed by atoms with E-state index in [9.17, 15) is 24.6 Å². The minimum absolute atomic E-state index is 0.0372. The number of rotatable bonds is 4. The van der Waals surface area contributed by atoms with Crippen LogP contribution < -0.4 is 0 Å². The molecule has 1 aromatic rings. The van der Waals surface area contributed by atoms with Crippen LogP contribution in [-0.2, 0) is 19.0 Å². The van der Waals surface area contributed by atoms with Crippen LogP contribution in [0.4, 0.5) is 0 Å². The number of aliphatic hydroxyl groups is 1. The number of hydrogen-bond acceptors (Lipinski definition) is 9. The highest BCUT2D eigenvalue weighted by Gasteiger charge is 2.45. The zero-order valence-corrected chi connectivity index (χ0v) is 20.0. The van der Waals surface area contributed by atoms with Crippen molar-refractivity contribution in [2.75, 3.05) is 21.2 Å². The Morgan fingerprint density at radius 1 is 1.15 bits per heavy atom. The molecule has 184 valence electrons. The SMILES string of the molecule is COC(=O)CC1CC2=C(C(=O)c3c(O)ccc(C4CC(N(C)C)C(O)C(C)O4)c3C2=O)C(C)O1. The van der Waals surface area contributed by atoms with Gasteiger partial charge in [-0.05, 0) is 46.0 Å². The lowest BCUT2D eigenvalue weighted by atomic mass is 9.75. The number of aromatic hydroxyl groups is 1. The van der Waals surface area contributed by atoms with Crippen molar-refractivity contribution in [1.29, 1.82) is 0 Å². The molecule has 0 saturated carbocycles. The number of nitrogens with zero attached hydrogens (tertiary/aromatic N) is 1. The van der Waals surface area contributed by atoms with Crippen LogP contribution >= 0.6 is 0 Å². The van der Waals surface area contributed by atoms with Crippen LogP contribution in [0.1, 0.15) is 65.5 Å². The van der Waals surface area contributed by atoms with E-state index in [1.165, 1.54) is 13.2 Å². The molecule has 0 radical (unpaired) electrons. The van der Waals surface area contributed by atoms with Gasteiger partial charge in [0.1, 0.15) is 5.75 Å². The molecule has 2 heterocycles. The molecule has 2 N–H and O–H groups in total. The predicted molar refractivity (Wildman–Crippen MR) is 121 cm³/mol. The van der Waals surface area contributed by atoms with Crippen LogP contribution in [0.15, 0.2) is 23.3 Å². The highest BCUT2D eigenvalue weighted by molar-refractivity contribution is 6.29. The average Bonchev–Trinajstić information content (AvgIpc) is 2.78. The van der Waals surface area contributed by atoms with Gasteiger partial charge in [-0.2, -0.15) is 0 Å². The normalized spacial score (nSPS) is 31.4. The maximum Gasteiger partial charge on any atom is 0.308 e. The number of ether oxygens (including phenoxy) is 3. The first-order valence-corrected chi connectivity index (χ1v) is 11.5.